The molecular weight excluding hydrogens is 290 g/mol. The molecule has 5 nitrogen and oxygen atoms in total. The van der Waals surface area contributed by atoms with E-state index in [-0.39, 0.29) is 11.5 Å². The number of hydrogen-bond acceptors (Lipinski definition) is 4. The molecule has 110 valence electrons. The zero-order valence-electron chi connectivity index (χ0n) is 11.8. The minimum absolute atomic E-state index is 0.0175. The number of alkyl halides is 1. The van der Waals surface area contributed by atoms with Gasteiger partial charge in [0.25, 0.3) is 0 Å². The standard InChI is InChI=1S/C15H16ClN3O2/c1-10(16)15-18-13-3-2-11(7-17)6-14(13)19(15)8-12-9-20-4-5-21-12/h2-3,6,10,12H,4-5,8-9H2,1H3. The highest BCUT2D eigenvalue weighted by molar-refractivity contribution is 6.20. The first-order valence-electron chi connectivity index (χ1n) is 6.92. The summed E-state index contributed by atoms with van der Waals surface area (Å²) in [4.78, 5) is 4.58. The molecule has 1 aliphatic heterocycles. The molecule has 21 heavy (non-hydrogen) atoms. The van der Waals surface area contributed by atoms with Gasteiger partial charge in [-0.2, -0.15) is 5.26 Å². The lowest BCUT2D eigenvalue weighted by Gasteiger charge is -2.24. The van der Waals surface area contributed by atoms with Crippen LogP contribution in [0.4, 0.5) is 0 Å². The van der Waals surface area contributed by atoms with E-state index < -0.39 is 0 Å². The molecule has 0 bridgehead atoms. The maximum Gasteiger partial charge on any atom is 0.127 e. The number of fused-ring (bicyclic) bond motifs is 1. The second-order valence-corrected chi connectivity index (χ2v) is 5.73. The van der Waals surface area contributed by atoms with E-state index in [1.165, 1.54) is 0 Å². The minimum atomic E-state index is -0.215. The average molecular weight is 306 g/mol. The minimum Gasteiger partial charge on any atom is -0.376 e. The van der Waals surface area contributed by atoms with Crippen molar-refractivity contribution in [3.05, 3.63) is 29.6 Å². The third-order valence-corrected chi connectivity index (χ3v) is 3.73. The monoisotopic (exact) mass is 305 g/mol. The summed E-state index contributed by atoms with van der Waals surface area (Å²) >= 11 is 6.25. The molecular formula is C15H16ClN3O2. The van der Waals surface area contributed by atoms with Crippen molar-refractivity contribution in [2.45, 2.75) is 24.9 Å². The number of rotatable bonds is 3. The molecule has 1 aromatic carbocycles. The van der Waals surface area contributed by atoms with Crippen molar-refractivity contribution in [3.63, 3.8) is 0 Å². The molecule has 0 N–H and O–H groups in total. The van der Waals surface area contributed by atoms with Crippen molar-refractivity contribution >= 4 is 22.6 Å². The van der Waals surface area contributed by atoms with Gasteiger partial charge >= 0.3 is 0 Å². The summed E-state index contributed by atoms with van der Waals surface area (Å²) in [5, 5.41) is 8.86. The van der Waals surface area contributed by atoms with Crippen molar-refractivity contribution in [2.24, 2.45) is 0 Å². The summed E-state index contributed by atoms with van der Waals surface area (Å²) in [5.41, 5.74) is 2.36. The highest BCUT2D eigenvalue weighted by atomic mass is 35.5. The van der Waals surface area contributed by atoms with E-state index in [2.05, 4.69) is 11.1 Å². The molecule has 0 spiro atoms. The first-order chi connectivity index (χ1) is 10.2. The van der Waals surface area contributed by atoms with E-state index in [1.54, 1.807) is 6.07 Å². The Morgan fingerprint density at radius 3 is 3.05 bits per heavy atom. The van der Waals surface area contributed by atoms with Crippen LogP contribution in [-0.4, -0.2) is 35.5 Å². The quantitative estimate of drug-likeness (QED) is 0.818. The number of aromatic nitrogens is 2. The van der Waals surface area contributed by atoms with Crippen LogP contribution in [0.1, 0.15) is 23.7 Å². The maximum atomic E-state index is 9.07. The Morgan fingerprint density at radius 1 is 1.52 bits per heavy atom. The highest BCUT2D eigenvalue weighted by Crippen LogP contribution is 2.26. The van der Waals surface area contributed by atoms with Gasteiger partial charge in [-0.3, -0.25) is 0 Å². The lowest BCUT2D eigenvalue weighted by atomic mass is 10.2. The van der Waals surface area contributed by atoms with E-state index in [0.717, 1.165) is 16.9 Å². The van der Waals surface area contributed by atoms with Crippen molar-refractivity contribution in [1.29, 1.82) is 5.26 Å². The molecule has 6 heteroatoms. The molecule has 0 amide bonds. The van der Waals surface area contributed by atoms with Crippen LogP contribution >= 0.6 is 11.6 Å². The highest BCUT2D eigenvalue weighted by Gasteiger charge is 2.21. The van der Waals surface area contributed by atoms with Gasteiger partial charge in [0.2, 0.25) is 0 Å². The molecule has 0 radical (unpaired) electrons. The van der Waals surface area contributed by atoms with E-state index in [4.69, 9.17) is 26.3 Å². The molecule has 1 aliphatic rings. The molecule has 1 fully saturated rings. The normalized spacial score (nSPS) is 20.3. The van der Waals surface area contributed by atoms with Crippen LogP contribution in [0.5, 0.6) is 0 Å². The van der Waals surface area contributed by atoms with Crippen LogP contribution in [0.2, 0.25) is 0 Å². The van der Waals surface area contributed by atoms with Crippen LogP contribution in [0.3, 0.4) is 0 Å². The van der Waals surface area contributed by atoms with Crippen LogP contribution in [-0.2, 0) is 16.0 Å². The zero-order valence-corrected chi connectivity index (χ0v) is 12.5. The van der Waals surface area contributed by atoms with E-state index in [9.17, 15) is 0 Å². The Morgan fingerprint density at radius 2 is 2.38 bits per heavy atom. The van der Waals surface area contributed by atoms with Gasteiger partial charge < -0.3 is 14.0 Å². The van der Waals surface area contributed by atoms with Crippen molar-refractivity contribution < 1.29 is 9.47 Å². The van der Waals surface area contributed by atoms with Gasteiger partial charge in [0, 0.05) is 0 Å². The lowest BCUT2D eigenvalue weighted by Crippen LogP contribution is -2.32. The van der Waals surface area contributed by atoms with Crippen molar-refractivity contribution in [1.82, 2.24) is 9.55 Å². The number of benzene rings is 1. The molecule has 2 atom stereocenters. The third kappa shape index (κ3) is 2.88. The molecule has 3 rings (SSSR count). The Bertz CT molecular complexity index is 684. The Hall–Kier alpha value is -1.61. The predicted octanol–water partition coefficient (Wildman–Crippen LogP) is 2.62. The molecule has 1 saturated heterocycles. The van der Waals surface area contributed by atoms with Crippen LogP contribution < -0.4 is 0 Å². The summed E-state index contributed by atoms with van der Waals surface area (Å²) in [6.45, 7) is 4.32. The van der Waals surface area contributed by atoms with Crippen molar-refractivity contribution in [3.8, 4) is 6.07 Å². The van der Waals surface area contributed by atoms with Gasteiger partial charge in [-0.1, -0.05) is 0 Å². The molecule has 0 aliphatic carbocycles. The summed E-state index contributed by atoms with van der Waals surface area (Å²) < 4.78 is 13.2. The fourth-order valence-corrected chi connectivity index (χ4v) is 2.72. The summed E-state index contributed by atoms with van der Waals surface area (Å²) in [6, 6.07) is 7.62. The molecule has 2 aromatic rings. The first-order valence-corrected chi connectivity index (χ1v) is 7.36. The van der Waals surface area contributed by atoms with E-state index in [0.29, 0.717) is 31.9 Å². The SMILES string of the molecule is CC(Cl)c1nc2ccc(C#N)cc2n1CC1COCCO1. The Kier molecular flexibility index (Phi) is 4.11. The van der Waals surface area contributed by atoms with Gasteiger partial charge in [0.05, 0.1) is 60.5 Å². The second-order valence-electron chi connectivity index (χ2n) is 5.08. The van der Waals surface area contributed by atoms with Gasteiger partial charge in [-0.15, -0.1) is 11.6 Å². The van der Waals surface area contributed by atoms with Gasteiger partial charge in [-0.25, -0.2) is 4.98 Å². The van der Waals surface area contributed by atoms with Gasteiger partial charge in [-0.05, 0) is 25.1 Å². The topological polar surface area (TPSA) is 60.1 Å². The Balaban J connectivity index is 2.03. The Labute approximate surface area is 128 Å². The molecule has 1 aromatic heterocycles. The number of nitriles is 1. The van der Waals surface area contributed by atoms with Crippen LogP contribution in [0.15, 0.2) is 18.2 Å². The number of halogens is 1. The summed E-state index contributed by atoms with van der Waals surface area (Å²) in [5.74, 6) is 0.788. The smallest absolute Gasteiger partial charge is 0.127 e. The van der Waals surface area contributed by atoms with Gasteiger partial charge in [0.1, 0.15) is 5.82 Å². The average Bonchev–Trinajstić information content (AvgIpc) is 2.86. The molecule has 2 heterocycles. The molecule has 0 saturated carbocycles. The van der Waals surface area contributed by atoms with Crippen LogP contribution in [0.25, 0.3) is 11.0 Å². The lowest BCUT2D eigenvalue weighted by molar-refractivity contribution is -0.0934. The number of imidazole rings is 1. The number of hydrogen-bond donors (Lipinski definition) is 0. The largest absolute Gasteiger partial charge is 0.376 e. The zero-order chi connectivity index (χ0) is 14.8. The number of ether oxygens (including phenoxy) is 2. The third-order valence-electron chi connectivity index (χ3n) is 3.53. The van der Waals surface area contributed by atoms with Gasteiger partial charge in [0.15, 0.2) is 0 Å². The van der Waals surface area contributed by atoms with E-state index in [1.807, 2.05) is 23.6 Å². The predicted molar refractivity (Wildman–Crippen MR) is 79.3 cm³/mol. The fraction of sp³-hybridized carbons (Fsp3) is 0.467. The van der Waals surface area contributed by atoms with Crippen LogP contribution in [0, 0.1) is 11.3 Å². The number of nitrogens with zero attached hydrogens (tertiary/aromatic N) is 3. The maximum absolute atomic E-state index is 9.07. The second kappa shape index (κ2) is 6.02. The van der Waals surface area contributed by atoms with E-state index >= 15 is 0 Å². The summed E-state index contributed by atoms with van der Waals surface area (Å²) in [7, 11) is 0. The summed E-state index contributed by atoms with van der Waals surface area (Å²) in [6.07, 6.45) is -0.0175. The fourth-order valence-electron chi connectivity index (χ4n) is 2.55. The first kappa shape index (κ1) is 14.3. The van der Waals surface area contributed by atoms with Crippen molar-refractivity contribution in [2.75, 3.05) is 19.8 Å². The molecule has 2 unspecified atom stereocenters.